The summed E-state index contributed by atoms with van der Waals surface area (Å²) < 4.78 is 5.99. The number of alkyl carbamates (subject to hydrolysis) is 1. The largest absolute Gasteiger partial charge is 0.449 e. The molecule has 1 aliphatic heterocycles. The number of halogens is 1. The fraction of sp³-hybridized carbons (Fsp3) is 0.364. The molecule has 1 aromatic rings. The van der Waals surface area contributed by atoms with Gasteiger partial charge in [-0.25, -0.2) is 4.79 Å². The maximum absolute atomic E-state index is 11.2. The van der Waals surface area contributed by atoms with Crippen LogP contribution < -0.4 is 5.32 Å². The highest BCUT2D eigenvalue weighted by Gasteiger charge is 2.59. The third kappa shape index (κ3) is 1.35. The van der Waals surface area contributed by atoms with E-state index in [-0.39, 0.29) is 11.6 Å². The van der Waals surface area contributed by atoms with Gasteiger partial charge in [0.15, 0.2) is 0 Å². The van der Waals surface area contributed by atoms with Gasteiger partial charge in [-0.1, -0.05) is 28.1 Å². The third-order valence-corrected chi connectivity index (χ3v) is 3.68. The molecule has 2 atom stereocenters. The molecule has 1 saturated carbocycles. The van der Waals surface area contributed by atoms with E-state index in [2.05, 4.69) is 33.4 Å². The number of fused-ring (bicyclic) bond motifs is 1. The van der Waals surface area contributed by atoms with E-state index in [0.717, 1.165) is 10.9 Å². The zero-order valence-corrected chi connectivity index (χ0v) is 9.58. The monoisotopic (exact) mass is 267 g/mol. The molecule has 1 aromatic carbocycles. The smallest absolute Gasteiger partial charge is 0.407 e. The number of hydrogen-bond acceptors (Lipinski definition) is 2. The van der Waals surface area contributed by atoms with E-state index in [1.54, 1.807) is 0 Å². The Bertz CT molecular complexity index is 434. The van der Waals surface area contributed by atoms with Crippen molar-refractivity contribution in [3.8, 4) is 0 Å². The molecule has 3 nitrogen and oxygen atoms in total. The molecule has 2 aliphatic rings. The summed E-state index contributed by atoms with van der Waals surface area (Å²) in [5, 5.41) is 2.93. The summed E-state index contributed by atoms with van der Waals surface area (Å²) in [4.78, 5) is 11.2. The molecule has 1 heterocycles. The van der Waals surface area contributed by atoms with E-state index < -0.39 is 0 Å². The topological polar surface area (TPSA) is 38.3 Å². The van der Waals surface area contributed by atoms with Crippen LogP contribution in [0, 0.1) is 5.92 Å². The normalized spacial score (nSPS) is 32.6. The fourth-order valence-corrected chi connectivity index (χ4v) is 2.67. The average molecular weight is 268 g/mol. The van der Waals surface area contributed by atoms with Crippen molar-refractivity contribution in [2.24, 2.45) is 5.92 Å². The van der Waals surface area contributed by atoms with E-state index in [4.69, 9.17) is 4.74 Å². The second-order valence-electron chi connectivity index (χ2n) is 4.11. The lowest BCUT2D eigenvalue weighted by Crippen LogP contribution is -2.41. The van der Waals surface area contributed by atoms with Crippen LogP contribution in [0.1, 0.15) is 12.0 Å². The Labute approximate surface area is 95.9 Å². The fourth-order valence-electron chi connectivity index (χ4n) is 2.27. The number of carbonyl (C=O) groups is 1. The van der Waals surface area contributed by atoms with Gasteiger partial charge in [0.05, 0.1) is 12.1 Å². The second kappa shape index (κ2) is 2.98. The third-order valence-electron chi connectivity index (χ3n) is 3.19. The van der Waals surface area contributed by atoms with Gasteiger partial charge >= 0.3 is 6.09 Å². The first-order valence-electron chi connectivity index (χ1n) is 4.92. The van der Waals surface area contributed by atoms with Crippen LogP contribution in [0.5, 0.6) is 0 Å². The summed E-state index contributed by atoms with van der Waals surface area (Å²) in [6, 6.07) is 8.09. The Kier molecular flexibility index (Phi) is 1.83. The van der Waals surface area contributed by atoms with Crippen molar-refractivity contribution >= 4 is 22.0 Å². The van der Waals surface area contributed by atoms with Gasteiger partial charge in [-0.05, 0) is 24.1 Å². The first-order chi connectivity index (χ1) is 7.21. The van der Waals surface area contributed by atoms with E-state index in [9.17, 15) is 4.79 Å². The molecule has 1 amide bonds. The molecule has 15 heavy (non-hydrogen) atoms. The Hall–Kier alpha value is -1.03. The van der Waals surface area contributed by atoms with Gasteiger partial charge in [0, 0.05) is 10.4 Å². The molecule has 0 aromatic heterocycles. The number of benzene rings is 1. The molecule has 4 heteroatoms. The van der Waals surface area contributed by atoms with Crippen molar-refractivity contribution in [3.63, 3.8) is 0 Å². The summed E-state index contributed by atoms with van der Waals surface area (Å²) in [6.45, 7) is 0.540. The number of carbonyl (C=O) groups excluding carboxylic acids is 1. The maximum atomic E-state index is 11.2. The lowest BCUT2D eigenvalue weighted by Gasteiger charge is -2.24. The van der Waals surface area contributed by atoms with Crippen LogP contribution in [-0.2, 0) is 10.3 Å². The van der Waals surface area contributed by atoms with Crippen LogP contribution in [0.4, 0.5) is 4.79 Å². The number of cyclic esters (lactones) is 1. The van der Waals surface area contributed by atoms with E-state index >= 15 is 0 Å². The van der Waals surface area contributed by atoms with Gasteiger partial charge in [0.25, 0.3) is 0 Å². The summed E-state index contributed by atoms with van der Waals surface area (Å²) in [7, 11) is 0. The van der Waals surface area contributed by atoms with Crippen molar-refractivity contribution in [3.05, 3.63) is 34.3 Å². The summed E-state index contributed by atoms with van der Waals surface area (Å²) in [5.74, 6) is 0.435. The number of amides is 1. The SMILES string of the molecule is O=C1NC2(c3cccc(Br)c3)CC2CO1. The van der Waals surface area contributed by atoms with Crippen LogP contribution in [0.2, 0.25) is 0 Å². The predicted octanol–water partition coefficient (Wildman–Crippen LogP) is 2.40. The highest BCUT2D eigenvalue weighted by atomic mass is 79.9. The Morgan fingerprint density at radius 1 is 1.53 bits per heavy atom. The maximum Gasteiger partial charge on any atom is 0.407 e. The predicted molar refractivity (Wildman–Crippen MR) is 58.4 cm³/mol. The lowest BCUT2D eigenvalue weighted by molar-refractivity contribution is 0.112. The molecular formula is C11H10BrNO2. The van der Waals surface area contributed by atoms with Gasteiger partial charge < -0.3 is 10.1 Å². The molecular weight excluding hydrogens is 258 g/mol. The Balaban J connectivity index is 1.97. The molecule has 3 rings (SSSR count). The van der Waals surface area contributed by atoms with Gasteiger partial charge in [0.1, 0.15) is 0 Å². The van der Waals surface area contributed by atoms with Gasteiger partial charge in [-0.2, -0.15) is 0 Å². The van der Waals surface area contributed by atoms with E-state index in [1.165, 1.54) is 5.56 Å². The zero-order chi connectivity index (χ0) is 10.5. The quantitative estimate of drug-likeness (QED) is 0.849. The van der Waals surface area contributed by atoms with Crippen LogP contribution >= 0.6 is 15.9 Å². The minimum atomic E-state index is -0.302. The molecule has 1 N–H and O–H groups in total. The van der Waals surface area contributed by atoms with E-state index in [1.807, 2.05) is 12.1 Å². The van der Waals surface area contributed by atoms with Crippen molar-refractivity contribution in [1.29, 1.82) is 0 Å². The van der Waals surface area contributed by atoms with Gasteiger partial charge in [-0.3, -0.25) is 0 Å². The zero-order valence-electron chi connectivity index (χ0n) is 8.00. The molecule has 1 aliphatic carbocycles. The molecule has 2 unspecified atom stereocenters. The van der Waals surface area contributed by atoms with Crippen LogP contribution in [0.3, 0.4) is 0 Å². The summed E-state index contributed by atoms with van der Waals surface area (Å²) in [6.07, 6.45) is 0.679. The van der Waals surface area contributed by atoms with Crippen LogP contribution in [0.25, 0.3) is 0 Å². The lowest BCUT2D eigenvalue weighted by atomic mass is 10.0. The van der Waals surface area contributed by atoms with Gasteiger partial charge in [0.2, 0.25) is 0 Å². The van der Waals surface area contributed by atoms with Gasteiger partial charge in [-0.15, -0.1) is 0 Å². The summed E-state index contributed by atoms with van der Waals surface area (Å²) >= 11 is 3.44. The molecule has 0 bridgehead atoms. The van der Waals surface area contributed by atoms with Crippen molar-refractivity contribution < 1.29 is 9.53 Å². The first-order valence-corrected chi connectivity index (χ1v) is 5.71. The molecule has 0 radical (unpaired) electrons. The Morgan fingerprint density at radius 3 is 3.20 bits per heavy atom. The molecule has 78 valence electrons. The highest BCUT2D eigenvalue weighted by Crippen LogP contribution is 2.54. The molecule has 2 fully saturated rings. The van der Waals surface area contributed by atoms with Crippen molar-refractivity contribution in [2.75, 3.05) is 6.61 Å². The van der Waals surface area contributed by atoms with Crippen LogP contribution in [-0.4, -0.2) is 12.7 Å². The first kappa shape index (κ1) is 9.21. The standard InChI is InChI=1S/C11H10BrNO2/c12-9-3-1-2-7(4-9)11-5-8(11)6-15-10(14)13-11/h1-4,8H,5-6H2,(H,13,14). The molecule has 1 saturated heterocycles. The number of ether oxygens (including phenoxy) is 1. The van der Waals surface area contributed by atoms with E-state index in [0.29, 0.717) is 12.5 Å². The minimum Gasteiger partial charge on any atom is -0.449 e. The number of nitrogens with one attached hydrogen (secondary N) is 1. The minimum absolute atomic E-state index is 0.154. The van der Waals surface area contributed by atoms with Crippen molar-refractivity contribution in [1.82, 2.24) is 5.32 Å². The number of hydrogen-bond donors (Lipinski definition) is 1. The average Bonchev–Trinajstić information content (AvgIpc) is 2.92. The van der Waals surface area contributed by atoms with Crippen molar-refractivity contribution in [2.45, 2.75) is 12.0 Å². The highest BCUT2D eigenvalue weighted by molar-refractivity contribution is 9.10. The second-order valence-corrected chi connectivity index (χ2v) is 5.02. The summed E-state index contributed by atoms with van der Waals surface area (Å²) in [5.41, 5.74) is 1.01. The molecule has 0 spiro atoms. The van der Waals surface area contributed by atoms with Crippen LogP contribution in [0.15, 0.2) is 28.7 Å². The number of rotatable bonds is 1. The Morgan fingerprint density at radius 2 is 2.40 bits per heavy atom.